The number of aromatic nitrogens is 10. The minimum Gasteiger partial charge on any atom is -0.480 e. The molecular formula is C84H125N27O24S5. The predicted molar refractivity (Wildman–Crippen MR) is 521 cm³/mol. The lowest BCUT2D eigenvalue weighted by molar-refractivity contribution is -0.152. The number of nitrogens with one attached hydrogen (secondary N) is 2. The van der Waals surface area contributed by atoms with Crippen molar-refractivity contribution in [3.8, 4) is 5.88 Å². The molecule has 0 aromatic carbocycles. The summed E-state index contributed by atoms with van der Waals surface area (Å²) in [5.74, 6) is 3.28. The molecule has 51 nitrogen and oxygen atoms in total. The van der Waals surface area contributed by atoms with Crippen LogP contribution in [0.5, 0.6) is 5.88 Å². The standard InChI is InChI=1S/C19H30N6O5S.C17H26N6O5S.C17H25N5O6S.C16H23N5O4S.C15H21N5O4S/c1-6-8(2)11(20)18(28)29-7-10-12(26)13(27)17(30-10)25-9(3)31-14-15(24(4)5)22-19(21)23-16(14)25;1-6(2)9(18)16(26)27-5-8-10(24)11(25)15(28-8)23-7(3)29-12-13(20-4)21-17(19)22-14(12)23;1-6(2)9(18)16(25)27-5-8-10(23)11(24)15(28-8)22-7(3)29-12-13(22)20-17(19)21-14(12)26-4;1-7-21(15-11(24)10(23)9(6-22)25-15)14-12(26-7)13(19-16(17)20-14)18-8-4-2-3-5-8;1-7-20(14-10(23)9(22)8(6-21)24-14)13-11(25-7)12(17-15(16)18-13)19-4-2-3-5-19/h8,10-13,17,26-27H,3,6-7,20H2,1-2,4-5H3,(H2,21,22,23);6,8-11,15,24-25H,3,5,18H2,1-2,4H3,(H3,19,20,21,22);6,8-11,15,23-24H,3,5,18H2,1-2,4H3,(H2,19,20,21);8-11,15,22-24H,1-6H2,(H3,17,18,19,20);8-10,14,21-23H,1-6H2,(H2,16,17,18)/t8?,10-,11+,12-,13-,17-;2*8-,9+,10-,11-,15-;9-,10-,11-,15-;8-,9-,10-,14-/m11111/s1. The molecule has 5 aromatic heterocycles. The molecule has 0 radical (unpaired) electrons. The maximum atomic E-state index is 12.2. The Morgan fingerprint density at radius 3 is 1.10 bits per heavy atom. The Labute approximate surface area is 827 Å². The Morgan fingerprint density at radius 1 is 0.429 bits per heavy atom. The predicted octanol–water partition coefficient (Wildman–Crippen LogP) is -1.53. The van der Waals surface area contributed by atoms with Gasteiger partial charge in [-0.1, -0.05) is 153 Å². The largest absolute Gasteiger partial charge is 0.480 e. The number of thioether (sulfide) groups is 5. The van der Waals surface area contributed by atoms with E-state index in [1.807, 2.05) is 27.9 Å². The molecule has 12 aliphatic rings. The average Bonchev–Trinajstić information content (AvgIpc) is 1.58. The SMILES string of the molecule is C=C1Sc2c(N(C)C)nc(N)nc2N1[C@@H]1O[C@H](COC(=O)[C@@H](N)C(C)CC)[C@@H](O)[C@H]1O.C=C1Sc2c(N3CCCC3)nc(N)nc2N1[C@@H]1O[C@H](CO)[C@@H](O)[C@H]1O.C=C1Sc2c(NC)nc(N)nc2N1[C@@H]1O[C@H](COC(=O)[C@@H](N)C(C)C)[C@@H](O)[C@H]1O.C=C1Sc2c(NC3CCCC3)nc(N)nc2N1[C@@H]1O[C@H](CO)[C@@H](O)[C@H]1O.C=C1Sc2c(OC)nc(N)nc2N1[C@@H]1O[C@H](COC(=O)[C@@H](N)C(C)C)[C@@H](O)[C@H]1O. The van der Waals surface area contributed by atoms with Gasteiger partial charge < -0.3 is 170 Å². The van der Waals surface area contributed by atoms with Gasteiger partial charge in [0.15, 0.2) is 66.0 Å². The van der Waals surface area contributed by atoms with Crippen molar-refractivity contribution < 1.29 is 118 Å². The lowest BCUT2D eigenvalue weighted by Crippen LogP contribution is -2.42. The van der Waals surface area contributed by atoms with Gasteiger partial charge in [0.1, 0.15) is 152 Å². The molecule has 11 aliphatic heterocycles. The summed E-state index contributed by atoms with van der Waals surface area (Å²) < 4.78 is 49.6. The molecule has 1 unspecified atom stereocenters. The maximum Gasteiger partial charge on any atom is 0.323 e. The van der Waals surface area contributed by atoms with Gasteiger partial charge in [-0.25, -0.2) is 0 Å². The Balaban J connectivity index is 0.000000148. The van der Waals surface area contributed by atoms with Crippen LogP contribution in [0.25, 0.3) is 0 Å². The van der Waals surface area contributed by atoms with Crippen LogP contribution < -0.4 is 95.5 Å². The van der Waals surface area contributed by atoms with Gasteiger partial charge in [0.05, 0.1) is 65.1 Å². The summed E-state index contributed by atoms with van der Waals surface area (Å²) in [4.78, 5) is 94.0. The molecule has 5 aromatic rings. The minimum atomic E-state index is -1.32. The molecule has 0 spiro atoms. The zero-order valence-electron chi connectivity index (χ0n) is 78.6. The van der Waals surface area contributed by atoms with Gasteiger partial charge in [-0.15, -0.1) is 0 Å². The number of nitrogen functional groups attached to an aromatic ring is 5. The van der Waals surface area contributed by atoms with Gasteiger partial charge in [0.2, 0.25) is 35.6 Å². The van der Waals surface area contributed by atoms with E-state index < -0.39 is 165 Å². The van der Waals surface area contributed by atoms with E-state index in [1.54, 1.807) is 59.2 Å². The van der Waals surface area contributed by atoms with E-state index in [0.29, 0.717) is 92.4 Å². The first kappa shape index (κ1) is 108. The molecule has 770 valence electrons. The molecule has 0 amide bonds. The fraction of sp³-hybridized carbons (Fsp3) is 0.607. The smallest absolute Gasteiger partial charge is 0.323 e. The van der Waals surface area contributed by atoms with Crippen molar-refractivity contribution >= 4 is 159 Å². The molecule has 24 atom stereocenters. The van der Waals surface area contributed by atoms with Crippen molar-refractivity contribution in [3.63, 3.8) is 0 Å². The van der Waals surface area contributed by atoms with Crippen LogP contribution in [0.3, 0.4) is 0 Å². The van der Waals surface area contributed by atoms with Crippen molar-refractivity contribution in [2.24, 2.45) is 35.0 Å². The lowest BCUT2D eigenvalue weighted by atomic mass is 10.0. The second kappa shape index (κ2) is 45.6. The van der Waals surface area contributed by atoms with Crippen LogP contribution in [-0.4, -0.2) is 350 Å². The molecule has 1 aliphatic carbocycles. The van der Waals surface area contributed by atoms with Crippen LogP contribution in [0.1, 0.15) is 86.5 Å². The zero-order chi connectivity index (χ0) is 102. The molecule has 140 heavy (non-hydrogen) atoms. The Bertz CT molecular complexity index is 5230. The van der Waals surface area contributed by atoms with E-state index in [9.17, 15) is 75.7 Å². The van der Waals surface area contributed by atoms with Gasteiger partial charge >= 0.3 is 17.9 Å². The first-order chi connectivity index (χ1) is 66.4. The summed E-state index contributed by atoms with van der Waals surface area (Å²) in [6.45, 7) is 31.3. The number of hydrogen-bond donors (Lipinski definition) is 22. The third-order valence-electron chi connectivity index (χ3n) is 24.8. The molecule has 7 fully saturated rings. The number of carbonyl (C=O) groups excluding carboxylic acids is 3. The van der Waals surface area contributed by atoms with E-state index in [-0.39, 0.29) is 79.8 Å². The van der Waals surface area contributed by atoms with Crippen LogP contribution >= 0.6 is 58.8 Å². The summed E-state index contributed by atoms with van der Waals surface area (Å²) in [5, 5.41) is 132. The molecule has 56 heteroatoms. The number of esters is 3. The number of nitrogens with zero attached hydrogens (tertiary/aromatic N) is 17. The normalized spacial score (nSPS) is 28.9. The quantitative estimate of drug-likeness (QED) is 0.0221. The average molecular weight is 2060 g/mol. The highest BCUT2D eigenvalue weighted by Gasteiger charge is 2.56. The highest BCUT2D eigenvalue weighted by Crippen LogP contribution is 2.57. The van der Waals surface area contributed by atoms with Crippen LogP contribution in [0.2, 0.25) is 0 Å². The van der Waals surface area contributed by atoms with Crippen molar-refractivity contribution in [3.05, 3.63) is 58.0 Å². The topological polar surface area (TPSA) is 761 Å². The summed E-state index contributed by atoms with van der Waals surface area (Å²) in [7, 11) is 6.80. The summed E-state index contributed by atoms with van der Waals surface area (Å²) in [6, 6.07) is -1.99. The zero-order valence-corrected chi connectivity index (χ0v) is 82.6. The maximum absolute atomic E-state index is 12.2. The molecule has 6 saturated heterocycles. The molecule has 0 bridgehead atoms. The summed E-state index contributed by atoms with van der Waals surface area (Å²) in [6.07, 6.45) is -14.5. The summed E-state index contributed by atoms with van der Waals surface area (Å²) in [5.41, 5.74) is 46.6. The summed E-state index contributed by atoms with van der Waals surface area (Å²) >= 11 is 6.60. The molecule has 17 rings (SSSR count). The van der Waals surface area contributed by atoms with E-state index in [4.69, 9.17) is 88.5 Å². The number of anilines is 14. The lowest BCUT2D eigenvalue weighted by Gasteiger charge is -2.28. The number of methoxy groups -OCH3 is 1. The number of rotatable bonds is 26. The van der Waals surface area contributed by atoms with E-state index in [2.05, 4.69) is 98.3 Å². The van der Waals surface area contributed by atoms with Gasteiger partial charge in [0, 0.05) is 40.3 Å². The number of fused-ring (bicyclic) bond motifs is 5. The number of carbonyl (C=O) groups is 3. The molecule has 1 saturated carbocycles. The van der Waals surface area contributed by atoms with Crippen molar-refractivity contribution in [2.45, 2.75) is 258 Å². The van der Waals surface area contributed by atoms with Crippen molar-refractivity contribution in [2.75, 3.05) is 148 Å². The first-order valence-electron chi connectivity index (χ1n) is 45.0. The van der Waals surface area contributed by atoms with Gasteiger partial charge in [-0.2, -0.15) is 49.8 Å². The first-order valence-corrected chi connectivity index (χ1v) is 49.1. The van der Waals surface area contributed by atoms with Gasteiger partial charge in [-0.05, 0) is 43.4 Å². The highest BCUT2D eigenvalue weighted by molar-refractivity contribution is 8.05. The Morgan fingerprint density at radius 2 is 0.736 bits per heavy atom. The molecule has 30 N–H and O–H groups in total. The van der Waals surface area contributed by atoms with Gasteiger partial charge in [0.25, 0.3) is 0 Å². The van der Waals surface area contributed by atoms with E-state index in [0.717, 1.165) is 60.8 Å². The van der Waals surface area contributed by atoms with Crippen LogP contribution in [0.15, 0.2) is 82.5 Å². The number of aliphatic hydroxyl groups is 12. The van der Waals surface area contributed by atoms with Gasteiger partial charge in [-0.3, -0.25) is 38.9 Å². The Hall–Kier alpha value is -9.54. The number of nitrogens with two attached hydrogens (primary N) is 8. The van der Waals surface area contributed by atoms with Crippen LogP contribution in [0, 0.1) is 17.8 Å². The second-order valence-electron chi connectivity index (χ2n) is 35.3. The third-order valence-corrected chi connectivity index (χ3v) is 29.8. The molecular weight excluding hydrogens is 1930 g/mol. The minimum absolute atomic E-state index is 0.0258. The van der Waals surface area contributed by atoms with E-state index in [1.165, 1.54) is 83.7 Å². The van der Waals surface area contributed by atoms with Crippen molar-refractivity contribution in [1.82, 2.24) is 49.8 Å². The second-order valence-corrected chi connectivity index (χ2v) is 40.7. The number of ether oxygens (including phenoxy) is 9. The Kier molecular flexibility index (Phi) is 35.1. The van der Waals surface area contributed by atoms with Crippen LogP contribution in [0.4, 0.5) is 82.1 Å². The fourth-order valence-electron chi connectivity index (χ4n) is 16.6. The highest BCUT2D eigenvalue weighted by atomic mass is 32.2. The number of hydrogen-bond acceptors (Lipinski definition) is 56. The third kappa shape index (κ3) is 22.4. The fourth-order valence-corrected chi connectivity index (χ4v) is 21.6. The number of aliphatic hydroxyl groups excluding tert-OH is 12. The van der Waals surface area contributed by atoms with E-state index >= 15 is 0 Å². The van der Waals surface area contributed by atoms with Crippen molar-refractivity contribution in [1.29, 1.82) is 0 Å². The monoisotopic (exact) mass is 2060 g/mol. The molecule has 16 heterocycles. The van der Waals surface area contributed by atoms with Crippen LogP contribution in [-0.2, 0) is 52.3 Å².